The van der Waals surface area contributed by atoms with E-state index in [1.807, 2.05) is 36.4 Å². The molecule has 0 amide bonds. The molecule has 1 aliphatic heterocycles. The lowest BCUT2D eigenvalue weighted by atomic mass is 10.1. The van der Waals surface area contributed by atoms with E-state index in [2.05, 4.69) is 25.9 Å². The quantitative estimate of drug-likeness (QED) is 0.533. The highest BCUT2D eigenvalue weighted by Gasteiger charge is 2.24. The maximum Gasteiger partial charge on any atom is 0.232 e. The summed E-state index contributed by atoms with van der Waals surface area (Å²) in [5.74, 6) is 2.18. The summed E-state index contributed by atoms with van der Waals surface area (Å²) in [6.45, 7) is 1.71. The third-order valence-corrected chi connectivity index (χ3v) is 5.05. The van der Waals surface area contributed by atoms with Crippen molar-refractivity contribution < 1.29 is 4.74 Å². The average molecular weight is 384 g/mol. The summed E-state index contributed by atoms with van der Waals surface area (Å²) in [7, 11) is 0. The summed E-state index contributed by atoms with van der Waals surface area (Å²) >= 11 is 0. The number of benzene rings is 1. The van der Waals surface area contributed by atoms with Crippen LogP contribution in [0.2, 0.25) is 0 Å². The molecule has 7 heteroatoms. The second kappa shape index (κ2) is 7.79. The molecule has 5 rings (SSSR count). The Morgan fingerprint density at radius 1 is 0.862 bits per heavy atom. The van der Waals surface area contributed by atoms with Crippen LogP contribution < -0.4 is 9.64 Å². The van der Waals surface area contributed by atoms with E-state index < -0.39 is 0 Å². The van der Waals surface area contributed by atoms with E-state index >= 15 is 0 Å². The van der Waals surface area contributed by atoms with E-state index in [0.29, 0.717) is 11.7 Å². The average Bonchev–Trinajstić information content (AvgIpc) is 2.80. The first kappa shape index (κ1) is 17.5. The van der Waals surface area contributed by atoms with Gasteiger partial charge >= 0.3 is 0 Å². The second-order valence-electron chi connectivity index (χ2n) is 6.95. The molecule has 0 radical (unpaired) electrons. The fourth-order valence-electron chi connectivity index (χ4n) is 3.61. The number of aromatic nitrogens is 5. The van der Waals surface area contributed by atoms with Gasteiger partial charge in [0, 0.05) is 49.9 Å². The van der Waals surface area contributed by atoms with Crippen LogP contribution in [0.3, 0.4) is 0 Å². The zero-order chi connectivity index (χ0) is 19.5. The van der Waals surface area contributed by atoms with Gasteiger partial charge in [-0.1, -0.05) is 18.2 Å². The molecule has 4 heterocycles. The van der Waals surface area contributed by atoms with Crippen molar-refractivity contribution in [1.29, 1.82) is 0 Å². The van der Waals surface area contributed by atoms with Gasteiger partial charge in [0.25, 0.3) is 0 Å². The Morgan fingerprint density at radius 3 is 2.52 bits per heavy atom. The molecule has 4 aromatic rings. The van der Waals surface area contributed by atoms with E-state index in [-0.39, 0.29) is 6.10 Å². The Kier molecular flexibility index (Phi) is 4.70. The maximum absolute atomic E-state index is 5.98. The van der Waals surface area contributed by atoms with E-state index in [9.17, 15) is 0 Å². The lowest BCUT2D eigenvalue weighted by Crippen LogP contribution is -2.39. The minimum atomic E-state index is 0.131. The Hall–Kier alpha value is -3.61. The highest BCUT2D eigenvalue weighted by molar-refractivity contribution is 5.90. The van der Waals surface area contributed by atoms with Gasteiger partial charge in [-0.2, -0.15) is 0 Å². The lowest BCUT2D eigenvalue weighted by Gasteiger charge is -2.33. The number of anilines is 1. The van der Waals surface area contributed by atoms with Gasteiger partial charge in [0.2, 0.25) is 5.88 Å². The van der Waals surface area contributed by atoms with Crippen molar-refractivity contribution in [2.45, 2.75) is 18.9 Å². The predicted octanol–water partition coefficient (Wildman–Crippen LogP) is 3.53. The van der Waals surface area contributed by atoms with Crippen molar-refractivity contribution >= 4 is 16.7 Å². The van der Waals surface area contributed by atoms with E-state index in [1.165, 1.54) is 0 Å². The first-order chi connectivity index (χ1) is 14.4. The van der Waals surface area contributed by atoms with Gasteiger partial charge in [-0.15, -0.1) is 0 Å². The normalized spacial score (nSPS) is 14.8. The summed E-state index contributed by atoms with van der Waals surface area (Å²) in [5.41, 5.74) is 1.71. The van der Waals surface area contributed by atoms with Crippen molar-refractivity contribution in [1.82, 2.24) is 24.9 Å². The monoisotopic (exact) mass is 384 g/mol. The van der Waals surface area contributed by atoms with E-state index in [4.69, 9.17) is 14.7 Å². The highest BCUT2D eigenvalue weighted by atomic mass is 16.5. The number of rotatable bonds is 4. The molecular weight excluding hydrogens is 364 g/mol. The van der Waals surface area contributed by atoms with Gasteiger partial charge in [-0.3, -0.25) is 9.97 Å². The van der Waals surface area contributed by atoms with E-state index in [1.54, 1.807) is 24.8 Å². The Labute approximate surface area is 168 Å². The summed E-state index contributed by atoms with van der Waals surface area (Å²) in [5, 5.41) is 1.06. The molecule has 1 aromatic carbocycles. The van der Waals surface area contributed by atoms with Crippen molar-refractivity contribution in [3.8, 4) is 17.4 Å². The molecule has 1 fully saturated rings. The number of hydrogen-bond donors (Lipinski definition) is 0. The van der Waals surface area contributed by atoms with Crippen LogP contribution in [-0.4, -0.2) is 44.1 Å². The minimum Gasteiger partial charge on any atom is -0.473 e. The third kappa shape index (κ3) is 3.71. The van der Waals surface area contributed by atoms with Crippen molar-refractivity contribution in [2.75, 3.05) is 18.0 Å². The van der Waals surface area contributed by atoms with Crippen LogP contribution in [-0.2, 0) is 0 Å². The van der Waals surface area contributed by atoms with Crippen LogP contribution in [0.15, 0.2) is 67.3 Å². The topological polar surface area (TPSA) is 76.9 Å². The fourth-order valence-corrected chi connectivity index (χ4v) is 3.61. The molecular formula is C22H20N6O. The molecule has 1 saturated heterocycles. The molecule has 0 unspecified atom stereocenters. The third-order valence-electron chi connectivity index (χ3n) is 5.05. The number of nitrogens with zero attached hydrogens (tertiary/aromatic N) is 6. The van der Waals surface area contributed by atoms with Crippen LogP contribution in [0.25, 0.3) is 22.4 Å². The number of para-hydroxylation sites is 1. The molecule has 3 aromatic heterocycles. The van der Waals surface area contributed by atoms with Gasteiger partial charge in [-0.05, 0) is 24.3 Å². The van der Waals surface area contributed by atoms with Crippen LogP contribution >= 0.6 is 0 Å². The van der Waals surface area contributed by atoms with Crippen molar-refractivity contribution in [3.05, 3.63) is 67.3 Å². The Balaban J connectivity index is 1.41. The first-order valence-electron chi connectivity index (χ1n) is 9.72. The van der Waals surface area contributed by atoms with Gasteiger partial charge in [-0.25, -0.2) is 15.0 Å². The number of hydrogen-bond acceptors (Lipinski definition) is 7. The highest BCUT2D eigenvalue weighted by Crippen LogP contribution is 2.29. The second-order valence-corrected chi connectivity index (χ2v) is 6.95. The molecule has 0 atom stereocenters. The van der Waals surface area contributed by atoms with Gasteiger partial charge in [0.15, 0.2) is 5.82 Å². The van der Waals surface area contributed by atoms with Crippen LogP contribution in [0.4, 0.5) is 5.82 Å². The van der Waals surface area contributed by atoms with Crippen molar-refractivity contribution in [3.63, 3.8) is 0 Å². The van der Waals surface area contributed by atoms with Crippen LogP contribution in [0.5, 0.6) is 5.88 Å². The fraction of sp³-hybridized carbons (Fsp3) is 0.227. The maximum atomic E-state index is 5.98. The first-order valence-corrected chi connectivity index (χ1v) is 9.72. The van der Waals surface area contributed by atoms with E-state index in [0.717, 1.165) is 48.3 Å². The molecule has 0 bridgehead atoms. The zero-order valence-electron chi connectivity index (χ0n) is 15.8. The molecule has 0 saturated carbocycles. The largest absolute Gasteiger partial charge is 0.473 e. The standard InChI is InChI=1S/C22H20N6O/c1-2-6-18-17(5-1)22(27-21(26-18)19-7-3-4-10-24-19)28-13-8-16(9-14-28)29-20-15-23-11-12-25-20/h1-7,10-12,15-16H,8-9,13-14H2. The molecule has 144 valence electrons. The summed E-state index contributed by atoms with van der Waals surface area (Å²) in [6.07, 6.45) is 8.64. The SMILES string of the molecule is c1ccc(-c2nc(N3CCC(Oc4cnccn4)CC3)c3ccccc3n2)nc1. The molecule has 0 N–H and O–H groups in total. The smallest absolute Gasteiger partial charge is 0.232 e. The molecule has 0 aliphatic carbocycles. The van der Waals surface area contributed by atoms with Gasteiger partial charge in [0.1, 0.15) is 17.6 Å². The van der Waals surface area contributed by atoms with Gasteiger partial charge in [0.05, 0.1) is 11.7 Å². The molecule has 7 nitrogen and oxygen atoms in total. The lowest BCUT2D eigenvalue weighted by molar-refractivity contribution is 0.163. The van der Waals surface area contributed by atoms with Gasteiger partial charge < -0.3 is 9.64 Å². The summed E-state index contributed by atoms with van der Waals surface area (Å²) in [4.78, 5) is 24.6. The minimum absolute atomic E-state index is 0.131. The number of ether oxygens (including phenoxy) is 1. The Bertz CT molecular complexity index is 1100. The molecule has 0 spiro atoms. The number of piperidine rings is 1. The van der Waals surface area contributed by atoms with Crippen LogP contribution in [0.1, 0.15) is 12.8 Å². The zero-order valence-corrected chi connectivity index (χ0v) is 15.8. The molecule has 1 aliphatic rings. The number of pyridine rings is 1. The predicted molar refractivity (Wildman–Crippen MR) is 111 cm³/mol. The Morgan fingerprint density at radius 2 is 1.72 bits per heavy atom. The summed E-state index contributed by atoms with van der Waals surface area (Å²) in [6, 6.07) is 13.9. The van der Waals surface area contributed by atoms with Crippen molar-refractivity contribution in [2.24, 2.45) is 0 Å². The number of fused-ring (bicyclic) bond motifs is 1. The van der Waals surface area contributed by atoms with Crippen LogP contribution in [0, 0.1) is 0 Å². The molecule has 29 heavy (non-hydrogen) atoms. The summed E-state index contributed by atoms with van der Waals surface area (Å²) < 4.78 is 5.98.